The quantitative estimate of drug-likeness (QED) is 0.522. The summed E-state index contributed by atoms with van der Waals surface area (Å²) in [5, 5.41) is 2.69. The molecule has 2 aromatic rings. The first kappa shape index (κ1) is 20.1. The Balaban J connectivity index is 1.79. The fourth-order valence-electron chi connectivity index (χ4n) is 3.19. The molecule has 1 saturated heterocycles. The number of urea groups is 1. The molecule has 1 aliphatic rings. The number of carbonyl (C=O) groups is 2. The molecule has 1 heterocycles. The van der Waals surface area contributed by atoms with Crippen LogP contribution in [0.3, 0.4) is 0 Å². The van der Waals surface area contributed by atoms with Crippen LogP contribution in [-0.4, -0.2) is 29.9 Å². The number of benzene rings is 2. The van der Waals surface area contributed by atoms with Crippen LogP contribution in [0.25, 0.3) is 6.08 Å². The number of halogens is 1. The summed E-state index contributed by atoms with van der Waals surface area (Å²) in [5.74, 6) is -0.311. The Morgan fingerprint density at radius 3 is 2.36 bits per heavy atom. The van der Waals surface area contributed by atoms with Crippen molar-refractivity contribution in [3.8, 4) is 0 Å². The molecular formula is C22H24BrN3O2. The second kappa shape index (κ2) is 8.61. The Hall–Kier alpha value is -2.60. The van der Waals surface area contributed by atoms with Crippen LogP contribution >= 0.6 is 15.9 Å². The average Bonchev–Trinajstić information content (AvgIpc) is 2.93. The molecule has 0 radical (unpaired) electrons. The van der Waals surface area contributed by atoms with Gasteiger partial charge in [-0.15, -0.1) is 0 Å². The largest absolute Gasteiger partial charge is 0.371 e. The molecule has 3 rings (SSSR count). The minimum Gasteiger partial charge on any atom is -0.371 e. The molecule has 1 N–H and O–H groups in total. The maximum absolute atomic E-state index is 12.7. The van der Waals surface area contributed by atoms with Gasteiger partial charge < -0.3 is 10.2 Å². The third-order valence-corrected chi connectivity index (χ3v) is 5.45. The van der Waals surface area contributed by atoms with E-state index in [1.807, 2.05) is 49.4 Å². The summed E-state index contributed by atoms with van der Waals surface area (Å²) in [5.41, 5.74) is 4.31. The van der Waals surface area contributed by atoms with E-state index in [1.54, 1.807) is 6.08 Å². The molecule has 146 valence electrons. The Labute approximate surface area is 174 Å². The van der Waals surface area contributed by atoms with Gasteiger partial charge in [0, 0.05) is 17.6 Å². The Morgan fingerprint density at radius 2 is 1.75 bits per heavy atom. The van der Waals surface area contributed by atoms with Crippen LogP contribution in [0.2, 0.25) is 0 Å². The van der Waals surface area contributed by atoms with E-state index in [0.717, 1.165) is 39.9 Å². The number of hydrogen-bond acceptors (Lipinski definition) is 3. The summed E-state index contributed by atoms with van der Waals surface area (Å²) in [7, 11) is 0. The molecule has 0 aliphatic carbocycles. The smallest absolute Gasteiger partial charge is 0.329 e. The molecule has 1 fully saturated rings. The molecule has 28 heavy (non-hydrogen) atoms. The summed E-state index contributed by atoms with van der Waals surface area (Å²) in [6.45, 7) is 8.31. The van der Waals surface area contributed by atoms with Gasteiger partial charge in [0.15, 0.2) is 0 Å². The van der Waals surface area contributed by atoms with Crippen molar-refractivity contribution in [2.45, 2.75) is 27.3 Å². The van der Waals surface area contributed by atoms with Crippen molar-refractivity contribution in [1.29, 1.82) is 0 Å². The third kappa shape index (κ3) is 4.28. The van der Waals surface area contributed by atoms with Crippen molar-refractivity contribution in [3.63, 3.8) is 0 Å². The summed E-state index contributed by atoms with van der Waals surface area (Å²) >= 11 is 3.61. The van der Waals surface area contributed by atoms with Crippen LogP contribution in [0.5, 0.6) is 0 Å². The van der Waals surface area contributed by atoms with Crippen LogP contribution in [0.4, 0.5) is 10.5 Å². The standard InChI is InChI=1S/C22H24BrN3O2/c1-4-25(5-2)20-11-10-17(12-18(20)23)13-19-21(27)26(22(28)24-19)14-16-8-6-15(3)7-9-16/h6-13H,4-5,14H2,1-3H3,(H,24,28)/b19-13+. The first-order valence-electron chi connectivity index (χ1n) is 9.37. The number of rotatable bonds is 6. The zero-order chi connectivity index (χ0) is 20.3. The molecule has 0 saturated carbocycles. The third-order valence-electron chi connectivity index (χ3n) is 4.81. The molecule has 1 aliphatic heterocycles. The molecule has 3 amide bonds. The number of anilines is 1. The number of nitrogens with zero attached hydrogens (tertiary/aromatic N) is 2. The Morgan fingerprint density at radius 1 is 1.07 bits per heavy atom. The SMILES string of the molecule is CCN(CC)c1ccc(/C=C2/NC(=O)N(Cc3ccc(C)cc3)C2=O)cc1Br. The molecular weight excluding hydrogens is 418 g/mol. The van der Waals surface area contributed by atoms with Crippen molar-refractivity contribution >= 4 is 39.6 Å². The van der Waals surface area contributed by atoms with Gasteiger partial charge in [-0.2, -0.15) is 0 Å². The van der Waals surface area contributed by atoms with Crippen molar-refractivity contribution in [2.75, 3.05) is 18.0 Å². The minimum absolute atomic E-state index is 0.257. The number of imide groups is 1. The lowest BCUT2D eigenvalue weighted by molar-refractivity contribution is -0.123. The number of hydrogen-bond donors (Lipinski definition) is 1. The van der Waals surface area contributed by atoms with Crippen LogP contribution in [0.15, 0.2) is 52.6 Å². The summed E-state index contributed by atoms with van der Waals surface area (Å²) in [6.07, 6.45) is 1.71. The number of amides is 3. The molecule has 0 spiro atoms. The molecule has 6 heteroatoms. The second-order valence-corrected chi connectivity index (χ2v) is 7.60. The van der Waals surface area contributed by atoms with Crippen molar-refractivity contribution in [1.82, 2.24) is 10.2 Å². The first-order valence-corrected chi connectivity index (χ1v) is 10.2. The van der Waals surface area contributed by atoms with Crippen molar-refractivity contribution in [3.05, 3.63) is 69.3 Å². The van der Waals surface area contributed by atoms with E-state index in [1.165, 1.54) is 4.90 Å². The maximum Gasteiger partial charge on any atom is 0.329 e. The van der Waals surface area contributed by atoms with Gasteiger partial charge in [-0.25, -0.2) is 4.79 Å². The molecule has 0 atom stereocenters. The lowest BCUT2D eigenvalue weighted by Crippen LogP contribution is -2.30. The highest BCUT2D eigenvalue weighted by molar-refractivity contribution is 9.10. The van der Waals surface area contributed by atoms with E-state index < -0.39 is 6.03 Å². The zero-order valence-corrected chi connectivity index (χ0v) is 17.9. The van der Waals surface area contributed by atoms with E-state index in [4.69, 9.17) is 0 Å². The minimum atomic E-state index is -0.393. The summed E-state index contributed by atoms with van der Waals surface area (Å²) in [6, 6.07) is 13.3. The Bertz CT molecular complexity index is 918. The van der Waals surface area contributed by atoms with E-state index in [9.17, 15) is 9.59 Å². The Kier molecular flexibility index (Phi) is 6.19. The number of carbonyl (C=O) groups excluding carboxylic acids is 2. The van der Waals surface area contributed by atoms with E-state index in [2.05, 4.69) is 40.0 Å². The van der Waals surface area contributed by atoms with Gasteiger partial charge in [-0.05, 0) is 66.0 Å². The second-order valence-electron chi connectivity index (χ2n) is 6.75. The molecule has 0 unspecified atom stereocenters. The van der Waals surface area contributed by atoms with Gasteiger partial charge >= 0.3 is 6.03 Å². The summed E-state index contributed by atoms with van der Waals surface area (Å²) in [4.78, 5) is 28.5. The van der Waals surface area contributed by atoms with Crippen LogP contribution in [0, 0.1) is 6.92 Å². The van der Waals surface area contributed by atoms with E-state index in [0.29, 0.717) is 5.70 Å². The average molecular weight is 442 g/mol. The topological polar surface area (TPSA) is 52.7 Å². The zero-order valence-electron chi connectivity index (χ0n) is 16.3. The van der Waals surface area contributed by atoms with Gasteiger partial charge in [0.2, 0.25) is 0 Å². The van der Waals surface area contributed by atoms with Crippen LogP contribution in [-0.2, 0) is 11.3 Å². The predicted molar refractivity (Wildman–Crippen MR) is 116 cm³/mol. The van der Waals surface area contributed by atoms with Crippen molar-refractivity contribution in [2.24, 2.45) is 0 Å². The highest BCUT2D eigenvalue weighted by atomic mass is 79.9. The normalized spacial score (nSPS) is 15.3. The first-order chi connectivity index (χ1) is 13.4. The fourth-order valence-corrected chi connectivity index (χ4v) is 3.84. The van der Waals surface area contributed by atoms with Gasteiger partial charge in [-0.3, -0.25) is 9.69 Å². The molecule has 2 aromatic carbocycles. The van der Waals surface area contributed by atoms with E-state index in [-0.39, 0.29) is 12.5 Å². The van der Waals surface area contributed by atoms with Gasteiger partial charge in [0.1, 0.15) is 5.70 Å². The summed E-state index contributed by atoms with van der Waals surface area (Å²) < 4.78 is 0.957. The van der Waals surface area contributed by atoms with Crippen molar-refractivity contribution < 1.29 is 9.59 Å². The molecule has 5 nitrogen and oxygen atoms in total. The highest BCUT2D eigenvalue weighted by Crippen LogP contribution is 2.28. The fraction of sp³-hybridized carbons (Fsp3) is 0.273. The maximum atomic E-state index is 12.7. The van der Waals surface area contributed by atoms with Gasteiger partial charge in [0.05, 0.1) is 12.2 Å². The van der Waals surface area contributed by atoms with E-state index >= 15 is 0 Å². The van der Waals surface area contributed by atoms with Gasteiger partial charge in [0.25, 0.3) is 5.91 Å². The van der Waals surface area contributed by atoms with Crippen LogP contribution in [0.1, 0.15) is 30.5 Å². The predicted octanol–water partition coefficient (Wildman–Crippen LogP) is 4.70. The number of aryl methyl sites for hydroxylation is 1. The lowest BCUT2D eigenvalue weighted by atomic mass is 10.1. The van der Waals surface area contributed by atoms with Crippen LogP contribution < -0.4 is 10.2 Å². The monoisotopic (exact) mass is 441 g/mol. The van der Waals surface area contributed by atoms with Gasteiger partial charge in [-0.1, -0.05) is 35.9 Å². The number of nitrogens with one attached hydrogen (secondary N) is 1. The molecule has 0 aromatic heterocycles. The highest BCUT2D eigenvalue weighted by Gasteiger charge is 2.33. The molecule has 0 bridgehead atoms. The lowest BCUT2D eigenvalue weighted by Gasteiger charge is -2.22.